The number of carbonyl (C=O) groups excluding carboxylic acids is 1. The number of rotatable bonds is 8. The van der Waals surface area contributed by atoms with Gasteiger partial charge in [-0.25, -0.2) is 4.79 Å². The van der Waals surface area contributed by atoms with E-state index in [4.69, 9.17) is 5.11 Å². The van der Waals surface area contributed by atoms with Crippen LogP contribution in [0.25, 0.3) is 0 Å². The Kier molecular flexibility index (Phi) is 6.82. The lowest BCUT2D eigenvalue weighted by Gasteiger charge is -2.30. The lowest BCUT2D eigenvalue weighted by atomic mass is 9.85. The van der Waals surface area contributed by atoms with E-state index in [1.54, 1.807) is 4.90 Å². The maximum atomic E-state index is 12.0. The summed E-state index contributed by atoms with van der Waals surface area (Å²) in [7, 11) is 1.81. The summed E-state index contributed by atoms with van der Waals surface area (Å²) in [6.07, 6.45) is 4.64. The van der Waals surface area contributed by atoms with Crippen LogP contribution >= 0.6 is 0 Å². The van der Waals surface area contributed by atoms with Gasteiger partial charge in [0.15, 0.2) is 0 Å². The molecule has 0 aromatic rings. The lowest BCUT2D eigenvalue weighted by molar-refractivity contribution is -0.138. The third-order valence-electron chi connectivity index (χ3n) is 3.91. The zero-order valence-electron chi connectivity index (χ0n) is 12.9. The van der Waals surface area contributed by atoms with Crippen LogP contribution in [0.4, 0.5) is 4.79 Å². The van der Waals surface area contributed by atoms with Gasteiger partial charge in [0.2, 0.25) is 0 Å². The van der Waals surface area contributed by atoms with Gasteiger partial charge in [0, 0.05) is 26.6 Å². The van der Waals surface area contributed by atoms with Crippen molar-refractivity contribution in [3.05, 3.63) is 0 Å². The van der Waals surface area contributed by atoms with Crippen LogP contribution in [0.2, 0.25) is 0 Å². The van der Waals surface area contributed by atoms with Gasteiger partial charge >= 0.3 is 12.0 Å². The second kappa shape index (κ2) is 8.12. The minimum atomic E-state index is -0.798. The van der Waals surface area contributed by atoms with Crippen molar-refractivity contribution in [1.29, 1.82) is 0 Å². The van der Waals surface area contributed by atoms with Crippen molar-refractivity contribution in [1.82, 2.24) is 10.2 Å². The first-order valence-electron chi connectivity index (χ1n) is 7.59. The van der Waals surface area contributed by atoms with Crippen molar-refractivity contribution < 1.29 is 14.7 Å². The number of carboxylic acid groups (broad SMARTS) is 1. The van der Waals surface area contributed by atoms with Crippen molar-refractivity contribution in [2.24, 2.45) is 17.8 Å². The van der Waals surface area contributed by atoms with Crippen molar-refractivity contribution in [3.63, 3.8) is 0 Å². The van der Waals surface area contributed by atoms with Crippen LogP contribution in [-0.4, -0.2) is 42.1 Å². The summed E-state index contributed by atoms with van der Waals surface area (Å²) in [6, 6.07) is -0.0870. The predicted molar refractivity (Wildman–Crippen MR) is 78.6 cm³/mol. The molecular formula is C15H28N2O3. The molecule has 0 spiro atoms. The number of nitrogens with zero attached hydrogens (tertiary/aromatic N) is 1. The zero-order valence-corrected chi connectivity index (χ0v) is 12.9. The summed E-state index contributed by atoms with van der Waals surface area (Å²) in [5.41, 5.74) is 0. The van der Waals surface area contributed by atoms with Crippen LogP contribution in [0.5, 0.6) is 0 Å². The van der Waals surface area contributed by atoms with Crippen LogP contribution < -0.4 is 5.32 Å². The van der Waals surface area contributed by atoms with Crippen molar-refractivity contribution in [2.75, 3.05) is 20.1 Å². The Balaban J connectivity index is 2.32. The molecule has 1 aliphatic rings. The van der Waals surface area contributed by atoms with Gasteiger partial charge in [0.25, 0.3) is 0 Å². The molecule has 0 aromatic carbocycles. The molecule has 1 fully saturated rings. The fourth-order valence-corrected chi connectivity index (χ4v) is 2.66. The maximum Gasteiger partial charge on any atom is 0.317 e. The first-order chi connectivity index (χ1) is 9.38. The zero-order chi connectivity index (χ0) is 15.1. The van der Waals surface area contributed by atoms with Gasteiger partial charge in [-0.05, 0) is 37.0 Å². The van der Waals surface area contributed by atoms with Crippen LogP contribution in [0.3, 0.4) is 0 Å². The largest absolute Gasteiger partial charge is 0.481 e. The normalized spacial score (nSPS) is 16.6. The standard InChI is InChI=1S/C15H28N2O3/c1-11(2)7-13(8-14(18)19)9-16-15(20)17(3)10-12-5-4-6-12/h11-13H,4-10H2,1-3H3,(H,16,20)(H,18,19)/t13-/m0/s1. The van der Waals surface area contributed by atoms with Crippen LogP contribution in [0, 0.1) is 17.8 Å². The molecule has 2 N–H and O–H groups in total. The molecule has 0 aromatic heterocycles. The number of urea groups is 1. The first-order valence-corrected chi connectivity index (χ1v) is 7.59. The third kappa shape index (κ3) is 6.26. The van der Waals surface area contributed by atoms with E-state index in [-0.39, 0.29) is 18.4 Å². The van der Waals surface area contributed by atoms with Gasteiger partial charge in [0.1, 0.15) is 0 Å². The summed E-state index contributed by atoms with van der Waals surface area (Å²) in [5.74, 6) is 0.293. The number of nitrogens with one attached hydrogen (secondary N) is 1. The van der Waals surface area contributed by atoms with E-state index in [0.717, 1.165) is 13.0 Å². The fraction of sp³-hybridized carbons (Fsp3) is 0.867. The highest BCUT2D eigenvalue weighted by Crippen LogP contribution is 2.26. The number of hydrogen-bond donors (Lipinski definition) is 2. The van der Waals surface area contributed by atoms with Gasteiger partial charge < -0.3 is 15.3 Å². The molecule has 5 heteroatoms. The van der Waals surface area contributed by atoms with Crippen molar-refractivity contribution >= 4 is 12.0 Å². The van der Waals surface area contributed by atoms with Gasteiger partial charge in [-0.15, -0.1) is 0 Å². The van der Waals surface area contributed by atoms with Crippen LogP contribution in [0.1, 0.15) is 46.0 Å². The number of hydrogen-bond acceptors (Lipinski definition) is 2. The second-order valence-corrected chi connectivity index (χ2v) is 6.46. The molecule has 1 aliphatic carbocycles. The van der Waals surface area contributed by atoms with Crippen LogP contribution in [0.15, 0.2) is 0 Å². The molecule has 2 amide bonds. The smallest absolute Gasteiger partial charge is 0.317 e. The first kappa shape index (κ1) is 16.8. The van der Waals surface area contributed by atoms with E-state index in [2.05, 4.69) is 19.2 Å². The Labute approximate surface area is 121 Å². The third-order valence-corrected chi connectivity index (χ3v) is 3.91. The highest BCUT2D eigenvalue weighted by Gasteiger charge is 2.22. The van der Waals surface area contributed by atoms with E-state index in [1.807, 2.05) is 7.05 Å². The molecule has 0 heterocycles. The van der Waals surface area contributed by atoms with Crippen LogP contribution in [-0.2, 0) is 4.79 Å². The van der Waals surface area contributed by atoms with E-state index >= 15 is 0 Å². The second-order valence-electron chi connectivity index (χ2n) is 6.46. The average molecular weight is 284 g/mol. The topological polar surface area (TPSA) is 69.6 Å². The summed E-state index contributed by atoms with van der Waals surface area (Å²) in [4.78, 5) is 24.5. The molecule has 0 aliphatic heterocycles. The number of aliphatic carboxylic acids is 1. The van der Waals surface area contributed by atoms with E-state index < -0.39 is 5.97 Å². The monoisotopic (exact) mass is 284 g/mol. The summed E-state index contributed by atoms with van der Waals surface area (Å²) in [6.45, 7) is 5.39. The summed E-state index contributed by atoms with van der Waals surface area (Å²) in [5, 5.41) is 11.8. The van der Waals surface area contributed by atoms with Gasteiger partial charge in [-0.3, -0.25) is 4.79 Å². The Morgan fingerprint density at radius 3 is 2.45 bits per heavy atom. The Bertz CT molecular complexity index is 327. The Hall–Kier alpha value is -1.26. The fourth-order valence-electron chi connectivity index (χ4n) is 2.66. The molecule has 5 nitrogen and oxygen atoms in total. The van der Waals surface area contributed by atoms with E-state index in [0.29, 0.717) is 18.4 Å². The average Bonchev–Trinajstić information content (AvgIpc) is 2.28. The molecule has 1 rings (SSSR count). The maximum absolute atomic E-state index is 12.0. The summed E-state index contributed by atoms with van der Waals surface area (Å²) < 4.78 is 0. The molecule has 0 saturated heterocycles. The molecule has 1 atom stereocenters. The number of carboxylic acids is 1. The Morgan fingerprint density at radius 1 is 1.35 bits per heavy atom. The molecule has 20 heavy (non-hydrogen) atoms. The van der Waals surface area contributed by atoms with Gasteiger partial charge in [-0.2, -0.15) is 0 Å². The van der Waals surface area contributed by atoms with Gasteiger partial charge in [0.05, 0.1) is 0 Å². The lowest BCUT2D eigenvalue weighted by Crippen LogP contribution is -2.43. The Morgan fingerprint density at radius 2 is 2.00 bits per heavy atom. The molecule has 116 valence electrons. The number of carbonyl (C=O) groups is 2. The molecular weight excluding hydrogens is 256 g/mol. The minimum Gasteiger partial charge on any atom is -0.481 e. The molecule has 0 bridgehead atoms. The highest BCUT2D eigenvalue weighted by atomic mass is 16.4. The SMILES string of the molecule is CC(C)C[C@H](CNC(=O)N(C)CC1CCC1)CC(=O)O. The minimum absolute atomic E-state index is 0.00792. The molecule has 1 saturated carbocycles. The van der Waals surface area contributed by atoms with Gasteiger partial charge in [-0.1, -0.05) is 20.3 Å². The van der Waals surface area contributed by atoms with E-state index in [1.165, 1.54) is 19.3 Å². The highest BCUT2D eigenvalue weighted by molar-refractivity contribution is 5.74. The predicted octanol–water partition coefficient (Wildman–Crippen LogP) is 2.56. The van der Waals surface area contributed by atoms with Crippen molar-refractivity contribution in [3.8, 4) is 0 Å². The van der Waals surface area contributed by atoms with E-state index in [9.17, 15) is 9.59 Å². The number of amides is 2. The molecule has 0 unspecified atom stereocenters. The molecule has 0 radical (unpaired) electrons. The summed E-state index contributed by atoms with van der Waals surface area (Å²) >= 11 is 0. The quantitative estimate of drug-likeness (QED) is 0.719. The van der Waals surface area contributed by atoms with Crippen molar-refractivity contribution in [2.45, 2.75) is 46.0 Å².